The van der Waals surface area contributed by atoms with Gasteiger partial charge in [0.1, 0.15) is 29.4 Å². The van der Waals surface area contributed by atoms with Gasteiger partial charge in [-0.25, -0.2) is 19.4 Å². The molecule has 230 valence electrons. The van der Waals surface area contributed by atoms with Crippen LogP contribution in [-0.2, 0) is 28.7 Å². The highest BCUT2D eigenvalue weighted by molar-refractivity contribution is 7.65. The van der Waals surface area contributed by atoms with Crippen molar-refractivity contribution in [2.24, 2.45) is 5.92 Å². The highest BCUT2D eigenvalue weighted by Crippen LogP contribution is 2.53. The summed E-state index contributed by atoms with van der Waals surface area (Å²) in [5.41, 5.74) is -1.59. The number of hydrogen-bond acceptors (Lipinski definition) is 9. The molecule has 1 saturated carbocycles. The second-order valence-corrected chi connectivity index (χ2v) is 15.0. The van der Waals surface area contributed by atoms with Crippen LogP contribution in [0.3, 0.4) is 0 Å². The van der Waals surface area contributed by atoms with E-state index in [0.717, 1.165) is 32.1 Å². The summed E-state index contributed by atoms with van der Waals surface area (Å²) < 4.78 is 10.5. The minimum Gasteiger partial charge on any atom is -0.458 e. The number of nitrogens with one attached hydrogen (secondary N) is 3. The topological polar surface area (TPSA) is 180 Å². The summed E-state index contributed by atoms with van der Waals surface area (Å²) in [4.78, 5) is 83.0. The normalized spacial score (nSPS) is 16.3. The SMILES string of the molecule is CC(NC(=O)[C@@H](CCC(=O)NCC(=O)C[P+](O)(O)CC1CCCCC1)NC(=O)OC(C)(C)C)C(=O)OC(C)(C)C. The number of Topliss-reactive ketones (excluding diaryl/α,β-unsaturated/α-hetero) is 1. The fourth-order valence-electron chi connectivity index (χ4n) is 4.23. The molecule has 2 atom stereocenters. The molecular formula is C27H49N3O9P+. The van der Waals surface area contributed by atoms with Gasteiger partial charge in [-0.15, -0.1) is 0 Å². The van der Waals surface area contributed by atoms with Crippen LogP contribution in [0.25, 0.3) is 0 Å². The highest BCUT2D eigenvalue weighted by atomic mass is 31.2. The third-order valence-corrected chi connectivity index (χ3v) is 7.93. The Bertz CT molecular complexity index is 891. The van der Waals surface area contributed by atoms with Crippen molar-refractivity contribution in [1.82, 2.24) is 16.0 Å². The monoisotopic (exact) mass is 590 g/mol. The van der Waals surface area contributed by atoms with Crippen LogP contribution in [0.1, 0.15) is 93.4 Å². The molecule has 0 bridgehead atoms. The summed E-state index contributed by atoms with van der Waals surface area (Å²) in [7, 11) is -3.39. The largest absolute Gasteiger partial charge is 0.458 e. The summed E-state index contributed by atoms with van der Waals surface area (Å²) in [6, 6.07) is -2.24. The third kappa shape index (κ3) is 16.1. The predicted octanol–water partition coefficient (Wildman–Crippen LogP) is 2.60. The summed E-state index contributed by atoms with van der Waals surface area (Å²) in [5.74, 6) is -2.23. The third-order valence-electron chi connectivity index (χ3n) is 5.97. The number of esters is 1. The van der Waals surface area contributed by atoms with Gasteiger partial charge in [0.05, 0.1) is 6.54 Å². The molecule has 0 aliphatic heterocycles. The first-order chi connectivity index (χ1) is 18.3. The number of ketones is 1. The molecule has 0 radical (unpaired) electrons. The molecule has 40 heavy (non-hydrogen) atoms. The number of carbonyl (C=O) groups excluding carboxylic acids is 5. The van der Waals surface area contributed by atoms with E-state index in [1.807, 2.05) is 0 Å². The average Bonchev–Trinajstić information content (AvgIpc) is 2.77. The van der Waals surface area contributed by atoms with Gasteiger partial charge < -0.3 is 25.4 Å². The first kappa shape index (κ1) is 35.7. The van der Waals surface area contributed by atoms with E-state index in [1.165, 1.54) is 6.92 Å². The zero-order valence-electron chi connectivity index (χ0n) is 25.0. The summed E-state index contributed by atoms with van der Waals surface area (Å²) in [6.07, 6.45) is 3.67. The number of ether oxygens (including phenoxy) is 2. The van der Waals surface area contributed by atoms with Crippen molar-refractivity contribution in [3.8, 4) is 0 Å². The van der Waals surface area contributed by atoms with Crippen LogP contribution in [0.15, 0.2) is 0 Å². The van der Waals surface area contributed by atoms with Crippen LogP contribution in [0, 0.1) is 5.92 Å². The van der Waals surface area contributed by atoms with E-state index in [1.54, 1.807) is 41.5 Å². The highest BCUT2D eigenvalue weighted by Gasteiger charge is 2.39. The fraction of sp³-hybridized carbons (Fsp3) is 0.815. The lowest BCUT2D eigenvalue weighted by Gasteiger charge is -2.25. The van der Waals surface area contributed by atoms with Crippen molar-refractivity contribution in [3.05, 3.63) is 0 Å². The number of alkyl carbamates (subject to hydrolysis) is 1. The van der Waals surface area contributed by atoms with Gasteiger partial charge in [0.15, 0.2) is 11.9 Å². The van der Waals surface area contributed by atoms with E-state index < -0.39 is 66.8 Å². The number of carbonyl (C=O) groups is 5. The van der Waals surface area contributed by atoms with E-state index >= 15 is 0 Å². The lowest BCUT2D eigenvalue weighted by Crippen LogP contribution is -2.52. The molecule has 3 amide bonds. The Morgan fingerprint density at radius 3 is 2.02 bits per heavy atom. The molecular weight excluding hydrogens is 541 g/mol. The van der Waals surface area contributed by atoms with Gasteiger partial charge in [0, 0.05) is 6.42 Å². The summed E-state index contributed by atoms with van der Waals surface area (Å²) in [6.45, 7) is 11.1. The van der Waals surface area contributed by atoms with Crippen LogP contribution < -0.4 is 16.0 Å². The second kappa shape index (κ2) is 15.6. The van der Waals surface area contributed by atoms with E-state index in [0.29, 0.717) is 0 Å². The van der Waals surface area contributed by atoms with Crippen molar-refractivity contribution in [1.29, 1.82) is 0 Å². The smallest absolute Gasteiger partial charge is 0.408 e. The molecule has 5 N–H and O–H groups in total. The van der Waals surface area contributed by atoms with Crippen LogP contribution in [0.4, 0.5) is 4.79 Å². The summed E-state index contributed by atoms with van der Waals surface area (Å²) in [5, 5.41) is 7.34. The quantitative estimate of drug-likeness (QED) is 0.159. The van der Waals surface area contributed by atoms with E-state index in [-0.39, 0.29) is 31.5 Å². The molecule has 0 heterocycles. The van der Waals surface area contributed by atoms with Gasteiger partial charge >= 0.3 is 12.1 Å². The Hall–Kier alpha value is -2.30. The first-order valence-corrected chi connectivity index (χ1v) is 16.0. The van der Waals surface area contributed by atoms with Gasteiger partial charge in [-0.1, -0.05) is 19.3 Å². The van der Waals surface area contributed by atoms with Crippen LogP contribution in [0.2, 0.25) is 0 Å². The maximum Gasteiger partial charge on any atom is 0.408 e. The Labute approximate surface area is 238 Å². The minimum atomic E-state index is -3.39. The number of amides is 3. The molecule has 12 nitrogen and oxygen atoms in total. The second-order valence-electron chi connectivity index (χ2n) is 12.5. The van der Waals surface area contributed by atoms with Crippen molar-refractivity contribution >= 4 is 37.4 Å². The van der Waals surface area contributed by atoms with Crippen molar-refractivity contribution in [2.45, 2.75) is 117 Å². The maximum absolute atomic E-state index is 12.9. The summed E-state index contributed by atoms with van der Waals surface area (Å²) >= 11 is 0. The van der Waals surface area contributed by atoms with Gasteiger partial charge in [-0.2, -0.15) is 0 Å². The molecule has 0 aromatic heterocycles. The molecule has 1 fully saturated rings. The van der Waals surface area contributed by atoms with Crippen molar-refractivity contribution in [2.75, 3.05) is 18.9 Å². The Kier molecular flexibility index (Phi) is 14.0. The zero-order valence-corrected chi connectivity index (χ0v) is 25.9. The number of hydrogen-bond donors (Lipinski definition) is 5. The average molecular weight is 591 g/mol. The van der Waals surface area contributed by atoms with Crippen LogP contribution >= 0.6 is 7.72 Å². The fourth-order valence-corrected chi connectivity index (χ4v) is 6.23. The molecule has 0 saturated heterocycles. The first-order valence-electron chi connectivity index (χ1n) is 13.9. The molecule has 1 aliphatic carbocycles. The van der Waals surface area contributed by atoms with Gasteiger partial charge in [0.2, 0.25) is 11.8 Å². The molecule has 0 aromatic rings. The molecule has 1 aliphatic rings. The molecule has 13 heteroatoms. The minimum absolute atomic E-state index is 0.148. The van der Waals surface area contributed by atoms with Crippen LogP contribution in [0.5, 0.6) is 0 Å². The molecule has 1 unspecified atom stereocenters. The Balaban J connectivity index is 2.67. The van der Waals surface area contributed by atoms with E-state index in [9.17, 15) is 33.8 Å². The van der Waals surface area contributed by atoms with E-state index in [2.05, 4.69) is 16.0 Å². The maximum atomic E-state index is 12.9. The molecule has 0 spiro atoms. The van der Waals surface area contributed by atoms with E-state index in [4.69, 9.17) is 9.47 Å². The Morgan fingerprint density at radius 2 is 1.48 bits per heavy atom. The Morgan fingerprint density at radius 1 is 0.900 bits per heavy atom. The predicted molar refractivity (Wildman–Crippen MR) is 152 cm³/mol. The van der Waals surface area contributed by atoms with Crippen molar-refractivity contribution in [3.63, 3.8) is 0 Å². The van der Waals surface area contributed by atoms with Gasteiger partial charge in [0.25, 0.3) is 7.72 Å². The standard InChI is InChI=1S/C27H48N3O9P/c1-18(24(34)38-26(2,3)4)29-23(33)21(30-25(35)39-27(5,6)7)13-14-22(32)28-15-20(31)17-40(36,37)16-19-11-9-8-10-12-19/h18-19,21,36-37H,8-17H2,1-7H3,(H2-,28,29,30,32,33,35)/p+1/t18?,21-/m1/s1. The van der Waals surface area contributed by atoms with Gasteiger partial charge in [-0.05, 0) is 73.6 Å². The molecule has 0 aromatic carbocycles. The lowest BCUT2D eigenvalue weighted by molar-refractivity contribution is -0.158. The zero-order chi connectivity index (χ0) is 30.7. The van der Waals surface area contributed by atoms with Crippen LogP contribution in [-0.4, -0.2) is 81.6 Å². The molecule has 1 rings (SSSR count). The van der Waals surface area contributed by atoms with Gasteiger partial charge in [-0.3, -0.25) is 14.4 Å². The lowest BCUT2D eigenvalue weighted by atomic mass is 9.91. The van der Waals surface area contributed by atoms with Crippen molar-refractivity contribution < 1.29 is 43.2 Å². The number of rotatable bonds is 13.